The first-order valence-electron chi connectivity index (χ1n) is 6.34. The number of carbonyl (C=O) groups is 2. The number of carboxylic acid groups (broad SMARTS) is 1. The minimum Gasteiger partial charge on any atom is -0.480 e. The number of carboxylic acids is 1. The summed E-state index contributed by atoms with van der Waals surface area (Å²) in [5, 5.41) is 11.7. The van der Waals surface area contributed by atoms with Crippen molar-refractivity contribution < 1.29 is 19.4 Å². The third-order valence-corrected chi connectivity index (χ3v) is 3.06. The predicted molar refractivity (Wildman–Crippen MR) is 66.4 cm³/mol. The fourth-order valence-electron chi connectivity index (χ4n) is 2.17. The maximum absolute atomic E-state index is 11.8. The fraction of sp³-hybridized carbons (Fsp3) is 0.833. The van der Waals surface area contributed by atoms with Crippen molar-refractivity contribution in [2.45, 2.75) is 31.7 Å². The number of rotatable bonds is 8. The molecular weight excluding hydrogens is 236 g/mol. The topological polar surface area (TPSA) is 78.9 Å². The van der Waals surface area contributed by atoms with Crippen molar-refractivity contribution in [1.82, 2.24) is 10.2 Å². The van der Waals surface area contributed by atoms with E-state index in [1.807, 2.05) is 0 Å². The van der Waals surface area contributed by atoms with Gasteiger partial charge in [0, 0.05) is 19.7 Å². The van der Waals surface area contributed by atoms with E-state index in [-0.39, 0.29) is 25.0 Å². The lowest BCUT2D eigenvalue weighted by molar-refractivity contribution is -0.138. The minimum atomic E-state index is -0.931. The molecule has 2 N–H and O–H groups in total. The molecular formula is C12H22N2O4. The van der Waals surface area contributed by atoms with Gasteiger partial charge in [0.1, 0.15) is 0 Å². The largest absolute Gasteiger partial charge is 0.480 e. The molecule has 6 nitrogen and oxygen atoms in total. The van der Waals surface area contributed by atoms with E-state index < -0.39 is 5.97 Å². The molecule has 1 aliphatic carbocycles. The lowest BCUT2D eigenvalue weighted by atomic mass is 10.2. The van der Waals surface area contributed by atoms with Crippen molar-refractivity contribution >= 4 is 11.9 Å². The average molecular weight is 258 g/mol. The summed E-state index contributed by atoms with van der Waals surface area (Å²) in [5.74, 6) is -1.03. The maximum Gasteiger partial charge on any atom is 0.317 e. The summed E-state index contributed by atoms with van der Waals surface area (Å²) in [6, 6.07) is 0.270. The van der Waals surface area contributed by atoms with Crippen LogP contribution in [-0.2, 0) is 14.3 Å². The summed E-state index contributed by atoms with van der Waals surface area (Å²) < 4.78 is 4.90. The highest BCUT2D eigenvalue weighted by Gasteiger charge is 2.19. The zero-order valence-corrected chi connectivity index (χ0v) is 10.9. The fourth-order valence-corrected chi connectivity index (χ4v) is 2.17. The van der Waals surface area contributed by atoms with Crippen molar-refractivity contribution in [2.75, 3.05) is 33.4 Å². The zero-order valence-electron chi connectivity index (χ0n) is 10.9. The number of ether oxygens (including phenoxy) is 1. The van der Waals surface area contributed by atoms with E-state index >= 15 is 0 Å². The van der Waals surface area contributed by atoms with Crippen molar-refractivity contribution in [3.05, 3.63) is 0 Å². The van der Waals surface area contributed by atoms with E-state index in [0.29, 0.717) is 13.2 Å². The Morgan fingerprint density at radius 1 is 1.33 bits per heavy atom. The Hall–Kier alpha value is -1.14. The molecule has 1 saturated carbocycles. The predicted octanol–water partition coefficient (Wildman–Crippen LogP) is 0.0782. The van der Waals surface area contributed by atoms with Gasteiger partial charge in [-0.3, -0.25) is 14.5 Å². The minimum absolute atomic E-state index is 0.0979. The zero-order chi connectivity index (χ0) is 13.4. The molecule has 0 aromatic rings. The van der Waals surface area contributed by atoms with Gasteiger partial charge in [0.2, 0.25) is 5.91 Å². The molecule has 1 fully saturated rings. The molecule has 1 rings (SSSR count). The van der Waals surface area contributed by atoms with E-state index in [9.17, 15) is 9.59 Å². The van der Waals surface area contributed by atoms with Crippen LogP contribution in [-0.4, -0.2) is 61.3 Å². The summed E-state index contributed by atoms with van der Waals surface area (Å²) in [5.41, 5.74) is 0. The van der Waals surface area contributed by atoms with E-state index in [4.69, 9.17) is 9.84 Å². The van der Waals surface area contributed by atoms with Crippen molar-refractivity contribution in [3.63, 3.8) is 0 Å². The van der Waals surface area contributed by atoms with Gasteiger partial charge in [-0.25, -0.2) is 0 Å². The Morgan fingerprint density at radius 3 is 2.56 bits per heavy atom. The highest BCUT2D eigenvalue weighted by atomic mass is 16.5. The molecule has 0 aromatic heterocycles. The van der Waals surface area contributed by atoms with Crippen LogP contribution in [0.25, 0.3) is 0 Å². The molecule has 0 radical (unpaired) electrons. The van der Waals surface area contributed by atoms with E-state index in [1.54, 1.807) is 12.0 Å². The second-order valence-corrected chi connectivity index (χ2v) is 4.65. The molecule has 1 amide bonds. The Bertz CT molecular complexity index is 277. The highest BCUT2D eigenvalue weighted by molar-refractivity contribution is 5.79. The van der Waals surface area contributed by atoms with Gasteiger partial charge >= 0.3 is 5.97 Å². The summed E-state index contributed by atoms with van der Waals surface area (Å²) in [6.07, 6.45) is 4.38. The number of carbonyl (C=O) groups excluding carboxylic acids is 1. The molecule has 104 valence electrons. The van der Waals surface area contributed by atoms with Gasteiger partial charge in [0.15, 0.2) is 0 Å². The van der Waals surface area contributed by atoms with Crippen LogP contribution < -0.4 is 5.32 Å². The van der Waals surface area contributed by atoms with Crippen LogP contribution in [0.1, 0.15) is 25.7 Å². The van der Waals surface area contributed by atoms with Gasteiger partial charge in [-0.1, -0.05) is 12.8 Å². The standard InChI is InChI=1S/C12H22N2O4/c1-18-7-6-14(9-12(16)17)8-11(15)13-10-4-2-3-5-10/h10H,2-9H2,1H3,(H,13,15)(H,16,17). The van der Waals surface area contributed by atoms with Gasteiger partial charge in [-0.05, 0) is 12.8 Å². The monoisotopic (exact) mass is 258 g/mol. The quantitative estimate of drug-likeness (QED) is 0.644. The Balaban J connectivity index is 2.32. The first-order valence-corrected chi connectivity index (χ1v) is 6.34. The van der Waals surface area contributed by atoms with Crippen molar-refractivity contribution in [1.29, 1.82) is 0 Å². The van der Waals surface area contributed by atoms with Crippen LogP contribution in [0.3, 0.4) is 0 Å². The molecule has 18 heavy (non-hydrogen) atoms. The first-order chi connectivity index (χ1) is 8.61. The van der Waals surface area contributed by atoms with E-state index in [1.165, 1.54) is 0 Å². The Labute approximate surface area is 107 Å². The smallest absolute Gasteiger partial charge is 0.317 e. The molecule has 1 aliphatic rings. The molecule has 6 heteroatoms. The second-order valence-electron chi connectivity index (χ2n) is 4.65. The van der Waals surface area contributed by atoms with Crippen LogP contribution in [0.15, 0.2) is 0 Å². The Morgan fingerprint density at radius 2 is 2.00 bits per heavy atom. The molecule has 0 heterocycles. The molecule has 0 aliphatic heterocycles. The van der Waals surface area contributed by atoms with Gasteiger partial charge in [0.25, 0.3) is 0 Å². The highest BCUT2D eigenvalue weighted by Crippen LogP contribution is 2.17. The number of hydrogen-bond donors (Lipinski definition) is 2. The van der Waals surface area contributed by atoms with Gasteiger partial charge in [0.05, 0.1) is 19.7 Å². The third kappa shape index (κ3) is 5.97. The molecule has 0 saturated heterocycles. The number of amides is 1. The number of aliphatic carboxylic acids is 1. The second kappa shape index (κ2) is 8.05. The van der Waals surface area contributed by atoms with Gasteiger partial charge in [-0.15, -0.1) is 0 Å². The van der Waals surface area contributed by atoms with Crippen LogP contribution in [0.5, 0.6) is 0 Å². The lowest BCUT2D eigenvalue weighted by Gasteiger charge is -2.20. The van der Waals surface area contributed by atoms with Crippen LogP contribution in [0.4, 0.5) is 0 Å². The number of methoxy groups -OCH3 is 1. The van der Waals surface area contributed by atoms with E-state index in [0.717, 1.165) is 25.7 Å². The summed E-state index contributed by atoms with van der Waals surface area (Å²) in [4.78, 5) is 24.0. The molecule has 0 bridgehead atoms. The summed E-state index contributed by atoms with van der Waals surface area (Å²) >= 11 is 0. The molecule has 0 spiro atoms. The lowest BCUT2D eigenvalue weighted by Crippen LogP contribution is -2.43. The van der Waals surface area contributed by atoms with Crippen molar-refractivity contribution in [2.24, 2.45) is 0 Å². The van der Waals surface area contributed by atoms with Crippen LogP contribution >= 0.6 is 0 Å². The van der Waals surface area contributed by atoms with E-state index in [2.05, 4.69) is 5.32 Å². The molecule has 0 unspecified atom stereocenters. The van der Waals surface area contributed by atoms with Crippen LogP contribution in [0, 0.1) is 0 Å². The molecule has 0 aromatic carbocycles. The number of hydrogen-bond acceptors (Lipinski definition) is 4. The van der Waals surface area contributed by atoms with Gasteiger partial charge in [-0.2, -0.15) is 0 Å². The Kier molecular flexibility index (Phi) is 6.67. The third-order valence-electron chi connectivity index (χ3n) is 3.06. The van der Waals surface area contributed by atoms with Gasteiger partial charge < -0.3 is 15.2 Å². The maximum atomic E-state index is 11.8. The first kappa shape index (κ1) is 14.9. The average Bonchev–Trinajstić information content (AvgIpc) is 2.77. The molecule has 0 atom stereocenters. The van der Waals surface area contributed by atoms with Crippen LogP contribution in [0.2, 0.25) is 0 Å². The normalized spacial score (nSPS) is 16.1. The number of nitrogens with zero attached hydrogens (tertiary/aromatic N) is 1. The van der Waals surface area contributed by atoms with Crippen molar-refractivity contribution in [3.8, 4) is 0 Å². The summed E-state index contributed by atoms with van der Waals surface area (Å²) in [6.45, 7) is 0.846. The number of nitrogens with one attached hydrogen (secondary N) is 1. The SMILES string of the molecule is COCCN(CC(=O)O)CC(=O)NC1CCCC1. The summed E-state index contributed by atoms with van der Waals surface area (Å²) in [7, 11) is 1.55.